The summed E-state index contributed by atoms with van der Waals surface area (Å²) in [5.74, 6) is 0.492. The number of nitrogen functional groups attached to an aromatic ring is 1. The second-order valence-electron chi connectivity index (χ2n) is 5.63. The highest BCUT2D eigenvalue weighted by molar-refractivity contribution is 5.88. The molecule has 0 spiro atoms. The minimum absolute atomic E-state index is 0.171. The van der Waals surface area contributed by atoms with Crippen LogP contribution in [0.5, 0.6) is 0 Å². The largest absolute Gasteiger partial charge is 0.397 e. The monoisotopic (exact) mass is 288 g/mol. The number of aromatic nitrogens is 2. The van der Waals surface area contributed by atoms with Crippen molar-refractivity contribution >= 4 is 22.3 Å². The number of piperidine rings is 1. The topological polar surface area (TPSA) is 95.2 Å². The van der Waals surface area contributed by atoms with Gasteiger partial charge in [0, 0.05) is 19.7 Å². The zero-order valence-electron chi connectivity index (χ0n) is 11.9. The van der Waals surface area contributed by atoms with Crippen LogP contribution < -0.4 is 16.2 Å². The Balaban J connectivity index is 1.96. The third-order valence-corrected chi connectivity index (χ3v) is 4.19. The summed E-state index contributed by atoms with van der Waals surface area (Å²) in [4.78, 5) is 20.8. The molecule has 1 aliphatic rings. The first-order chi connectivity index (χ1) is 10.2. The van der Waals surface area contributed by atoms with Crippen molar-refractivity contribution in [1.29, 1.82) is 0 Å². The first kappa shape index (κ1) is 13.9. The number of aromatic amines is 1. The Morgan fingerprint density at radius 2 is 2.33 bits per heavy atom. The minimum Gasteiger partial charge on any atom is -0.397 e. The molecule has 2 heterocycles. The SMILES string of the molecule is Nc1cc2c(=O)[nH]cnc2cc1N1CCCC(CCO)C1. The molecule has 0 aliphatic carbocycles. The number of nitrogens with one attached hydrogen (secondary N) is 1. The summed E-state index contributed by atoms with van der Waals surface area (Å²) >= 11 is 0. The lowest BCUT2D eigenvalue weighted by atomic mass is 9.94. The number of hydrogen-bond acceptors (Lipinski definition) is 5. The smallest absolute Gasteiger partial charge is 0.258 e. The van der Waals surface area contributed by atoms with E-state index in [0.29, 0.717) is 22.5 Å². The van der Waals surface area contributed by atoms with E-state index < -0.39 is 0 Å². The van der Waals surface area contributed by atoms with Crippen LogP contribution in [0, 0.1) is 5.92 Å². The average molecular weight is 288 g/mol. The summed E-state index contributed by atoms with van der Waals surface area (Å²) in [5, 5.41) is 9.63. The van der Waals surface area contributed by atoms with Crippen LogP contribution in [-0.2, 0) is 0 Å². The highest BCUT2D eigenvalue weighted by Gasteiger charge is 2.21. The average Bonchev–Trinajstić information content (AvgIpc) is 2.48. The molecule has 1 aliphatic heterocycles. The molecule has 4 N–H and O–H groups in total. The molecule has 6 heteroatoms. The molecule has 0 bridgehead atoms. The van der Waals surface area contributed by atoms with E-state index in [0.717, 1.165) is 38.0 Å². The number of aliphatic hydroxyl groups is 1. The van der Waals surface area contributed by atoms with Gasteiger partial charge in [-0.1, -0.05) is 0 Å². The summed E-state index contributed by atoms with van der Waals surface area (Å²) in [7, 11) is 0. The van der Waals surface area contributed by atoms with Gasteiger partial charge in [-0.15, -0.1) is 0 Å². The molecular formula is C15H20N4O2. The molecule has 112 valence electrons. The Bertz CT molecular complexity index is 696. The Hall–Kier alpha value is -2.08. The third kappa shape index (κ3) is 2.71. The number of benzene rings is 1. The Morgan fingerprint density at radius 1 is 1.48 bits per heavy atom. The molecule has 0 saturated carbocycles. The molecule has 1 unspecified atom stereocenters. The van der Waals surface area contributed by atoms with Crippen LogP contribution in [0.3, 0.4) is 0 Å². The van der Waals surface area contributed by atoms with Crippen LogP contribution in [-0.4, -0.2) is 34.8 Å². The number of anilines is 2. The van der Waals surface area contributed by atoms with Gasteiger partial charge < -0.3 is 20.7 Å². The van der Waals surface area contributed by atoms with Crippen molar-refractivity contribution in [1.82, 2.24) is 9.97 Å². The quantitative estimate of drug-likeness (QED) is 0.735. The summed E-state index contributed by atoms with van der Waals surface area (Å²) < 4.78 is 0. The molecule has 1 aromatic carbocycles. The fourth-order valence-corrected chi connectivity index (χ4v) is 3.10. The fourth-order valence-electron chi connectivity index (χ4n) is 3.10. The predicted molar refractivity (Wildman–Crippen MR) is 83.4 cm³/mol. The molecule has 2 aromatic rings. The van der Waals surface area contributed by atoms with Crippen LogP contribution in [0.1, 0.15) is 19.3 Å². The van der Waals surface area contributed by atoms with Crippen LogP contribution >= 0.6 is 0 Å². The number of aliphatic hydroxyl groups excluding tert-OH is 1. The Kier molecular flexibility index (Phi) is 3.79. The van der Waals surface area contributed by atoms with E-state index >= 15 is 0 Å². The number of H-pyrrole nitrogens is 1. The summed E-state index contributed by atoms with van der Waals surface area (Å²) in [6.45, 7) is 2.06. The zero-order valence-corrected chi connectivity index (χ0v) is 11.9. The van der Waals surface area contributed by atoms with Gasteiger partial charge in [0.2, 0.25) is 0 Å². The van der Waals surface area contributed by atoms with Crippen molar-refractivity contribution in [2.24, 2.45) is 5.92 Å². The number of fused-ring (bicyclic) bond motifs is 1. The third-order valence-electron chi connectivity index (χ3n) is 4.19. The van der Waals surface area contributed by atoms with Gasteiger partial charge in [-0.25, -0.2) is 4.98 Å². The first-order valence-electron chi connectivity index (χ1n) is 7.32. The first-order valence-corrected chi connectivity index (χ1v) is 7.32. The van der Waals surface area contributed by atoms with Gasteiger partial charge in [0.1, 0.15) is 0 Å². The van der Waals surface area contributed by atoms with Crippen molar-refractivity contribution in [3.63, 3.8) is 0 Å². The van der Waals surface area contributed by atoms with Gasteiger partial charge in [0.05, 0.1) is 28.6 Å². The van der Waals surface area contributed by atoms with E-state index in [4.69, 9.17) is 10.8 Å². The molecule has 1 aromatic heterocycles. The summed E-state index contributed by atoms with van der Waals surface area (Å²) in [6.07, 6.45) is 4.46. The van der Waals surface area contributed by atoms with E-state index in [9.17, 15) is 4.79 Å². The lowest BCUT2D eigenvalue weighted by molar-refractivity contribution is 0.244. The van der Waals surface area contributed by atoms with E-state index in [1.165, 1.54) is 6.33 Å². The van der Waals surface area contributed by atoms with Crippen LogP contribution in [0.25, 0.3) is 10.9 Å². The molecule has 0 radical (unpaired) electrons. The van der Waals surface area contributed by atoms with E-state index in [2.05, 4.69) is 14.9 Å². The van der Waals surface area contributed by atoms with Gasteiger partial charge in [0.25, 0.3) is 5.56 Å². The van der Waals surface area contributed by atoms with Crippen molar-refractivity contribution in [2.75, 3.05) is 30.3 Å². The molecule has 21 heavy (non-hydrogen) atoms. The van der Waals surface area contributed by atoms with Gasteiger partial charge >= 0.3 is 0 Å². The standard InChI is InChI=1S/C15H20N4O2/c16-12-6-11-13(17-9-18-15(11)21)7-14(12)19-4-1-2-10(8-19)3-5-20/h6-7,9-10,20H,1-5,8,16H2,(H,17,18,21). The van der Waals surface area contributed by atoms with Gasteiger partial charge in [-0.3, -0.25) is 4.79 Å². The van der Waals surface area contributed by atoms with E-state index in [1.54, 1.807) is 6.07 Å². The molecule has 1 fully saturated rings. The Morgan fingerprint density at radius 3 is 3.14 bits per heavy atom. The molecule has 1 saturated heterocycles. The lowest BCUT2D eigenvalue weighted by Gasteiger charge is -2.35. The van der Waals surface area contributed by atoms with Crippen LogP contribution in [0.4, 0.5) is 11.4 Å². The van der Waals surface area contributed by atoms with Gasteiger partial charge in [0.15, 0.2) is 0 Å². The highest BCUT2D eigenvalue weighted by atomic mass is 16.3. The number of nitrogens with zero attached hydrogens (tertiary/aromatic N) is 2. The lowest BCUT2D eigenvalue weighted by Crippen LogP contribution is -2.36. The van der Waals surface area contributed by atoms with Crippen molar-refractivity contribution < 1.29 is 5.11 Å². The number of rotatable bonds is 3. The zero-order chi connectivity index (χ0) is 14.8. The number of hydrogen-bond donors (Lipinski definition) is 3. The molecule has 1 atom stereocenters. The fraction of sp³-hybridized carbons (Fsp3) is 0.467. The maximum absolute atomic E-state index is 11.8. The molecular weight excluding hydrogens is 268 g/mol. The highest BCUT2D eigenvalue weighted by Crippen LogP contribution is 2.31. The van der Waals surface area contributed by atoms with Crippen LogP contribution in [0.15, 0.2) is 23.3 Å². The van der Waals surface area contributed by atoms with Crippen molar-refractivity contribution in [3.8, 4) is 0 Å². The maximum atomic E-state index is 11.8. The van der Waals surface area contributed by atoms with Crippen LogP contribution in [0.2, 0.25) is 0 Å². The van der Waals surface area contributed by atoms with Crippen molar-refractivity contribution in [2.45, 2.75) is 19.3 Å². The predicted octanol–water partition coefficient (Wildman–Crippen LogP) is 1.10. The normalized spacial score (nSPS) is 19.1. The second kappa shape index (κ2) is 5.73. The van der Waals surface area contributed by atoms with Crippen molar-refractivity contribution in [3.05, 3.63) is 28.8 Å². The number of nitrogens with two attached hydrogens (primary N) is 1. The molecule has 0 amide bonds. The Labute approximate surface area is 122 Å². The van der Waals surface area contributed by atoms with Gasteiger partial charge in [-0.05, 0) is 37.3 Å². The molecule has 3 rings (SSSR count). The van der Waals surface area contributed by atoms with E-state index in [1.807, 2.05) is 6.07 Å². The molecule has 6 nitrogen and oxygen atoms in total. The summed E-state index contributed by atoms with van der Waals surface area (Å²) in [5.41, 5.74) is 8.16. The minimum atomic E-state index is -0.171. The summed E-state index contributed by atoms with van der Waals surface area (Å²) in [6, 6.07) is 3.59. The van der Waals surface area contributed by atoms with E-state index in [-0.39, 0.29) is 12.2 Å². The second-order valence-corrected chi connectivity index (χ2v) is 5.63. The maximum Gasteiger partial charge on any atom is 0.258 e. The van der Waals surface area contributed by atoms with Gasteiger partial charge in [-0.2, -0.15) is 0 Å².